The van der Waals surface area contributed by atoms with E-state index < -0.39 is 6.09 Å². The van der Waals surface area contributed by atoms with Crippen LogP contribution in [0.15, 0.2) is 0 Å². The Morgan fingerprint density at radius 3 is 2.77 bits per heavy atom. The zero-order valence-corrected chi connectivity index (χ0v) is 7.69. The summed E-state index contributed by atoms with van der Waals surface area (Å²) in [4.78, 5) is 10.1. The molecule has 0 saturated heterocycles. The topological polar surface area (TPSA) is 82.0 Å². The molecule has 0 atom stereocenters. The number of methoxy groups -OCH3 is 1. The predicted octanol–water partition coefficient (Wildman–Crippen LogP) is -0.0183. The molecule has 0 rings (SSSR count). The molecule has 78 valence electrons. The van der Waals surface area contributed by atoms with Crippen LogP contribution in [-0.4, -0.2) is 54.8 Å². The minimum absolute atomic E-state index is 0.120. The molecule has 0 spiro atoms. The maximum Gasteiger partial charge on any atom is 0.431 e. The smallest absolute Gasteiger partial charge is 0.431 e. The van der Waals surface area contributed by atoms with E-state index in [0.29, 0.717) is 19.6 Å². The molecule has 0 unspecified atom stereocenters. The number of carboxylic acid groups (broad SMARTS) is 1. The fourth-order valence-electron chi connectivity index (χ4n) is 0.749. The van der Waals surface area contributed by atoms with Gasteiger partial charge in [-0.2, -0.15) is 5.06 Å². The molecule has 0 radical (unpaired) electrons. The Balaban J connectivity index is 3.11. The Bertz CT molecular complexity index is 142. The van der Waals surface area contributed by atoms with Crippen molar-refractivity contribution in [1.29, 1.82) is 0 Å². The quantitative estimate of drug-likeness (QED) is 0.300. The SMILES string of the molecule is COCCNCCCN(O)C(=O)O. The van der Waals surface area contributed by atoms with Crippen LogP contribution >= 0.6 is 0 Å². The van der Waals surface area contributed by atoms with E-state index >= 15 is 0 Å². The van der Waals surface area contributed by atoms with Gasteiger partial charge in [0.25, 0.3) is 0 Å². The van der Waals surface area contributed by atoms with Crippen molar-refractivity contribution >= 4 is 6.09 Å². The number of amides is 1. The van der Waals surface area contributed by atoms with E-state index in [1.165, 1.54) is 0 Å². The first-order chi connectivity index (χ1) is 6.18. The van der Waals surface area contributed by atoms with Gasteiger partial charge in [-0.25, -0.2) is 4.79 Å². The first-order valence-corrected chi connectivity index (χ1v) is 4.07. The molecule has 0 aromatic carbocycles. The molecule has 0 bridgehead atoms. The largest absolute Gasteiger partial charge is 0.463 e. The van der Waals surface area contributed by atoms with Gasteiger partial charge in [-0.15, -0.1) is 0 Å². The Kier molecular flexibility index (Phi) is 7.27. The number of hydrogen-bond donors (Lipinski definition) is 3. The highest BCUT2D eigenvalue weighted by Gasteiger charge is 2.05. The lowest BCUT2D eigenvalue weighted by atomic mass is 10.4. The van der Waals surface area contributed by atoms with Crippen molar-refractivity contribution in [2.75, 3.05) is 33.4 Å². The number of hydroxylamine groups is 2. The lowest BCUT2D eigenvalue weighted by molar-refractivity contribution is -0.0640. The van der Waals surface area contributed by atoms with Crippen LogP contribution in [0, 0.1) is 0 Å². The van der Waals surface area contributed by atoms with Crippen LogP contribution in [0.4, 0.5) is 4.79 Å². The molecule has 13 heavy (non-hydrogen) atoms. The van der Waals surface area contributed by atoms with Gasteiger partial charge < -0.3 is 15.2 Å². The summed E-state index contributed by atoms with van der Waals surface area (Å²) in [6, 6.07) is 0. The first-order valence-electron chi connectivity index (χ1n) is 4.07. The fraction of sp³-hybridized carbons (Fsp3) is 0.857. The average molecular weight is 192 g/mol. The summed E-state index contributed by atoms with van der Waals surface area (Å²) in [5.41, 5.74) is 0. The van der Waals surface area contributed by atoms with Crippen molar-refractivity contribution in [3.05, 3.63) is 0 Å². The van der Waals surface area contributed by atoms with E-state index in [2.05, 4.69) is 5.32 Å². The molecule has 0 aromatic heterocycles. The van der Waals surface area contributed by atoms with Gasteiger partial charge in [-0.3, -0.25) is 5.21 Å². The molecule has 0 aliphatic heterocycles. The van der Waals surface area contributed by atoms with Gasteiger partial charge in [0.05, 0.1) is 13.2 Å². The molecule has 1 amide bonds. The van der Waals surface area contributed by atoms with Crippen molar-refractivity contribution in [3.63, 3.8) is 0 Å². The van der Waals surface area contributed by atoms with Crippen LogP contribution in [0.5, 0.6) is 0 Å². The summed E-state index contributed by atoms with van der Waals surface area (Å²) >= 11 is 0. The van der Waals surface area contributed by atoms with Crippen LogP contribution in [0.2, 0.25) is 0 Å². The predicted molar refractivity (Wildman–Crippen MR) is 45.9 cm³/mol. The number of hydrogen-bond acceptors (Lipinski definition) is 4. The molecular weight excluding hydrogens is 176 g/mol. The number of ether oxygens (including phenoxy) is 1. The molecule has 6 heteroatoms. The van der Waals surface area contributed by atoms with E-state index in [9.17, 15) is 4.79 Å². The summed E-state index contributed by atoms with van der Waals surface area (Å²) in [5.74, 6) is 0. The number of nitrogens with zero attached hydrogens (tertiary/aromatic N) is 1. The second-order valence-corrected chi connectivity index (χ2v) is 2.50. The molecular formula is C7H16N2O4. The molecule has 0 heterocycles. The van der Waals surface area contributed by atoms with Gasteiger partial charge in [-0.05, 0) is 13.0 Å². The molecule has 0 aromatic rings. The normalized spacial score (nSPS) is 10.0. The summed E-state index contributed by atoms with van der Waals surface area (Å²) in [5, 5.41) is 20.3. The Morgan fingerprint density at radius 2 is 2.23 bits per heavy atom. The first kappa shape index (κ1) is 12.2. The van der Waals surface area contributed by atoms with E-state index in [0.717, 1.165) is 6.54 Å². The second-order valence-electron chi connectivity index (χ2n) is 2.50. The minimum Gasteiger partial charge on any atom is -0.463 e. The summed E-state index contributed by atoms with van der Waals surface area (Å²) in [7, 11) is 1.61. The van der Waals surface area contributed by atoms with Crippen LogP contribution < -0.4 is 5.32 Å². The lowest BCUT2D eigenvalue weighted by Crippen LogP contribution is -2.29. The van der Waals surface area contributed by atoms with E-state index in [1.807, 2.05) is 0 Å². The van der Waals surface area contributed by atoms with Crippen molar-refractivity contribution < 1.29 is 19.8 Å². The third-order valence-electron chi connectivity index (χ3n) is 1.43. The van der Waals surface area contributed by atoms with Gasteiger partial charge in [0.2, 0.25) is 0 Å². The zero-order valence-electron chi connectivity index (χ0n) is 7.69. The van der Waals surface area contributed by atoms with E-state index in [4.69, 9.17) is 15.1 Å². The van der Waals surface area contributed by atoms with Crippen LogP contribution in [-0.2, 0) is 4.74 Å². The van der Waals surface area contributed by atoms with Crippen molar-refractivity contribution in [2.45, 2.75) is 6.42 Å². The zero-order chi connectivity index (χ0) is 10.1. The Labute approximate surface area is 77.1 Å². The Morgan fingerprint density at radius 1 is 1.54 bits per heavy atom. The molecule has 6 nitrogen and oxygen atoms in total. The lowest BCUT2D eigenvalue weighted by Gasteiger charge is -2.10. The summed E-state index contributed by atoms with van der Waals surface area (Å²) < 4.78 is 4.79. The highest BCUT2D eigenvalue weighted by atomic mass is 16.6. The monoisotopic (exact) mass is 192 g/mol. The van der Waals surface area contributed by atoms with Crippen molar-refractivity contribution in [3.8, 4) is 0 Å². The minimum atomic E-state index is -1.32. The fourth-order valence-corrected chi connectivity index (χ4v) is 0.749. The summed E-state index contributed by atoms with van der Waals surface area (Å²) in [6.45, 7) is 2.14. The molecule has 0 fully saturated rings. The molecule has 0 aliphatic rings. The van der Waals surface area contributed by atoms with Crippen LogP contribution in [0.1, 0.15) is 6.42 Å². The van der Waals surface area contributed by atoms with Crippen molar-refractivity contribution in [2.24, 2.45) is 0 Å². The van der Waals surface area contributed by atoms with E-state index in [1.54, 1.807) is 7.11 Å². The standard InChI is InChI=1S/C7H16N2O4/c1-13-6-4-8-3-2-5-9(12)7(10)11/h8,12H,2-6H2,1H3,(H,10,11). The maximum atomic E-state index is 10.1. The number of nitrogens with one attached hydrogen (secondary N) is 1. The van der Waals surface area contributed by atoms with Gasteiger partial charge >= 0.3 is 6.09 Å². The molecule has 3 N–H and O–H groups in total. The van der Waals surface area contributed by atoms with E-state index in [-0.39, 0.29) is 11.6 Å². The highest BCUT2D eigenvalue weighted by Crippen LogP contribution is 1.85. The molecule has 0 aliphatic carbocycles. The Hall–Kier alpha value is -0.850. The van der Waals surface area contributed by atoms with Gasteiger partial charge in [-0.1, -0.05) is 0 Å². The second kappa shape index (κ2) is 7.78. The van der Waals surface area contributed by atoms with Gasteiger partial charge in [0, 0.05) is 13.7 Å². The maximum absolute atomic E-state index is 10.1. The molecule has 0 saturated carbocycles. The number of carbonyl (C=O) groups is 1. The number of rotatable bonds is 7. The highest BCUT2D eigenvalue weighted by molar-refractivity contribution is 5.63. The third kappa shape index (κ3) is 7.51. The van der Waals surface area contributed by atoms with Crippen LogP contribution in [0.3, 0.4) is 0 Å². The van der Waals surface area contributed by atoms with Gasteiger partial charge in [0.15, 0.2) is 0 Å². The summed E-state index contributed by atoms with van der Waals surface area (Å²) in [6.07, 6.45) is -0.746. The van der Waals surface area contributed by atoms with Crippen LogP contribution in [0.25, 0.3) is 0 Å². The average Bonchev–Trinajstić information content (AvgIpc) is 2.10. The third-order valence-corrected chi connectivity index (χ3v) is 1.43. The van der Waals surface area contributed by atoms with Crippen molar-refractivity contribution in [1.82, 2.24) is 10.4 Å². The van der Waals surface area contributed by atoms with Gasteiger partial charge in [0.1, 0.15) is 0 Å².